The van der Waals surface area contributed by atoms with E-state index in [1.165, 1.54) is 0 Å². The van der Waals surface area contributed by atoms with Gasteiger partial charge in [-0.15, -0.1) is 0 Å². The highest BCUT2D eigenvalue weighted by molar-refractivity contribution is 7.99. The summed E-state index contributed by atoms with van der Waals surface area (Å²) in [6.07, 6.45) is 3.37. The highest BCUT2D eigenvalue weighted by Crippen LogP contribution is 2.32. The van der Waals surface area contributed by atoms with Crippen LogP contribution in [-0.4, -0.2) is 46.5 Å². The van der Waals surface area contributed by atoms with Gasteiger partial charge in [0, 0.05) is 19.0 Å². The molecule has 0 radical (unpaired) electrons. The van der Waals surface area contributed by atoms with E-state index >= 15 is 0 Å². The molecule has 2 aliphatic heterocycles. The Balaban J connectivity index is 1.99. The van der Waals surface area contributed by atoms with E-state index in [-0.39, 0.29) is 11.8 Å². The number of likely N-dealkylation sites (tertiary alicyclic amines) is 1. The second kappa shape index (κ2) is 5.51. The van der Waals surface area contributed by atoms with E-state index in [2.05, 4.69) is 0 Å². The van der Waals surface area contributed by atoms with E-state index in [0.717, 1.165) is 37.3 Å². The van der Waals surface area contributed by atoms with Gasteiger partial charge >= 0.3 is 5.97 Å². The molecule has 2 heterocycles. The van der Waals surface area contributed by atoms with Gasteiger partial charge in [0.05, 0.1) is 5.41 Å². The normalized spacial score (nSPS) is 30.2. The Morgan fingerprint density at radius 1 is 1.33 bits per heavy atom. The van der Waals surface area contributed by atoms with Crippen molar-refractivity contribution in [1.82, 2.24) is 4.90 Å². The van der Waals surface area contributed by atoms with E-state index in [1.807, 2.05) is 11.8 Å². The van der Waals surface area contributed by atoms with Crippen LogP contribution in [0.5, 0.6) is 0 Å². The lowest BCUT2D eigenvalue weighted by Gasteiger charge is -2.39. The molecule has 1 unspecified atom stereocenters. The molecule has 0 aromatic carbocycles. The molecule has 1 amide bonds. The third kappa shape index (κ3) is 2.82. The Morgan fingerprint density at radius 2 is 2.00 bits per heavy atom. The molecule has 0 saturated carbocycles. The molecule has 1 atom stereocenters. The van der Waals surface area contributed by atoms with Gasteiger partial charge in [0.25, 0.3) is 0 Å². The molecule has 4 nitrogen and oxygen atoms in total. The standard InChI is InChI=1S/C13H21NO3S/c1-13(12(16)17)5-2-6-14(9-13)11(15)10-3-7-18-8-4-10/h10H,2-9H2,1H3,(H,16,17). The summed E-state index contributed by atoms with van der Waals surface area (Å²) in [5.41, 5.74) is -0.753. The lowest BCUT2D eigenvalue weighted by molar-refractivity contribution is -0.154. The molecule has 0 spiro atoms. The van der Waals surface area contributed by atoms with E-state index < -0.39 is 11.4 Å². The first-order valence-electron chi connectivity index (χ1n) is 6.63. The molecule has 102 valence electrons. The summed E-state index contributed by atoms with van der Waals surface area (Å²) in [5.74, 6) is 1.64. The van der Waals surface area contributed by atoms with Crippen molar-refractivity contribution in [3.8, 4) is 0 Å². The van der Waals surface area contributed by atoms with Gasteiger partial charge in [-0.2, -0.15) is 11.8 Å². The van der Waals surface area contributed by atoms with Crippen LogP contribution in [-0.2, 0) is 9.59 Å². The number of amides is 1. The average molecular weight is 271 g/mol. The highest BCUT2D eigenvalue weighted by atomic mass is 32.2. The van der Waals surface area contributed by atoms with Crippen LogP contribution in [0.3, 0.4) is 0 Å². The summed E-state index contributed by atoms with van der Waals surface area (Å²) in [6.45, 7) is 2.86. The average Bonchev–Trinajstić information content (AvgIpc) is 2.39. The number of piperidine rings is 1. The number of rotatable bonds is 2. The number of carbonyl (C=O) groups is 2. The predicted molar refractivity (Wildman–Crippen MR) is 71.6 cm³/mol. The third-order valence-electron chi connectivity index (χ3n) is 4.09. The maximum absolute atomic E-state index is 12.4. The number of aliphatic carboxylic acids is 1. The molecule has 2 saturated heterocycles. The van der Waals surface area contributed by atoms with Crippen molar-refractivity contribution in [1.29, 1.82) is 0 Å². The molecule has 2 aliphatic rings. The van der Waals surface area contributed by atoms with Crippen LogP contribution in [0.1, 0.15) is 32.6 Å². The van der Waals surface area contributed by atoms with Crippen molar-refractivity contribution in [3.63, 3.8) is 0 Å². The minimum absolute atomic E-state index is 0.127. The van der Waals surface area contributed by atoms with E-state index in [9.17, 15) is 14.7 Å². The number of carboxylic acids is 1. The number of nitrogens with zero attached hydrogens (tertiary/aromatic N) is 1. The highest BCUT2D eigenvalue weighted by Gasteiger charge is 2.40. The summed E-state index contributed by atoms with van der Waals surface area (Å²) in [7, 11) is 0. The zero-order chi connectivity index (χ0) is 13.2. The van der Waals surface area contributed by atoms with Crippen LogP contribution in [0.25, 0.3) is 0 Å². The number of hydrogen-bond donors (Lipinski definition) is 1. The van der Waals surface area contributed by atoms with Gasteiger partial charge in [-0.25, -0.2) is 0 Å². The maximum atomic E-state index is 12.4. The Hall–Kier alpha value is -0.710. The Morgan fingerprint density at radius 3 is 2.61 bits per heavy atom. The van der Waals surface area contributed by atoms with Crippen LogP contribution >= 0.6 is 11.8 Å². The van der Waals surface area contributed by atoms with Gasteiger partial charge in [0.15, 0.2) is 0 Å². The first-order valence-corrected chi connectivity index (χ1v) is 7.78. The SMILES string of the molecule is CC1(C(=O)O)CCCN(C(=O)C2CCSCC2)C1. The summed E-state index contributed by atoms with van der Waals surface area (Å²) >= 11 is 1.90. The van der Waals surface area contributed by atoms with Crippen LogP contribution in [0, 0.1) is 11.3 Å². The fraction of sp³-hybridized carbons (Fsp3) is 0.846. The van der Waals surface area contributed by atoms with Gasteiger partial charge in [-0.3, -0.25) is 9.59 Å². The lowest BCUT2D eigenvalue weighted by atomic mass is 9.81. The molecule has 0 aliphatic carbocycles. The van der Waals surface area contributed by atoms with E-state index in [4.69, 9.17) is 0 Å². The molecular formula is C13H21NO3S. The molecule has 2 rings (SSSR count). The number of carbonyl (C=O) groups excluding carboxylic acids is 1. The van der Waals surface area contributed by atoms with Crippen LogP contribution in [0.2, 0.25) is 0 Å². The molecule has 0 aromatic heterocycles. The van der Waals surface area contributed by atoms with Gasteiger partial charge in [0.1, 0.15) is 0 Å². The third-order valence-corrected chi connectivity index (χ3v) is 5.14. The summed E-state index contributed by atoms with van der Waals surface area (Å²) < 4.78 is 0. The van der Waals surface area contributed by atoms with Crippen molar-refractivity contribution in [2.75, 3.05) is 24.6 Å². The first-order chi connectivity index (χ1) is 8.53. The van der Waals surface area contributed by atoms with Crippen molar-refractivity contribution in [3.05, 3.63) is 0 Å². The smallest absolute Gasteiger partial charge is 0.311 e. The van der Waals surface area contributed by atoms with E-state index in [1.54, 1.807) is 11.8 Å². The molecule has 0 aromatic rings. The van der Waals surface area contributed by atoms with Crippen LogP contribution in [0.15, 0.2) is 0 Å². The molecular weight excluding hydrogens is 250 g/mol. The quantitative estimate of drug-likeness (QED) is 0.832. The second-order valence-corrected chi connectivity index (χ2v) is 6.84. The van der Waals surface area contributed by atoms with Gasteiger partial charge in [-0.05, 0) is 44.1 Å². The number of carboxylic acid groups (broad SMARTS) is 1. The fourth-order valence-corrected chi connectivity index (χ4v) is 3.91. The van der Waals surface area contributed by atoms with Gasteiger partial charge < -0.3 is 10.0 Å². The number of hydrogen-bond acceptors (Lipinski definition) is 3. The minimum atomic E-state index is -0.779. The monoisotopic (exact) mass is 271 g/mol. The Labute approximate surface area is 112 Å². The minimum Gasteiger partial charge on any atom is -0.481 e. The van der Waals surface area contributed by atoms with Gasteiger partial charge in [0.2, 0.25) is 5.91 Å². The topological polar surface area (TPSA) is 57.6 Å². The second-order valence-electron chi connectivity index (χ2n) is 5.62. The zero-order valence-electron chi connectivity index (χ0n) is 10.9. The largest absolute Gasteiger partial charge is 0.481 e. The predicted octanol–water partition coefficient (Wildman–Crippen LogP) is 1.84. The summed E-state index contributed by atoms with van der Waals surface area (Å²) in [6, 6.07) is 0. The van der Waals surface area contributed by atoms with Crippen LogP contribution in [0.4, 0.5) is 0 Å². The number of thioether (sulfide) groups is 1. The van der Waals surface area contributed by atoms with Crippen LogP contribution < -0.4 is 0 Å². The summed E-state index contributed by atoms with van der Waals surface area (Å²) in [4.78, 5) is 25.5. The lowest BCUT2D eigenvalue weighted by Crippen LogP contribution is -2.50. The Bertz CT molecular complexity index is 341. The molecule has 18 heavy (non-hydrogen) atoms. The molecule has 0 bridgehead atoms. The first kappa shape index (κ1) is 13.7. The fourth-order valence-electron chi connectivity index (χ4n) is 2.80. The summed E-state index contributed by atoms with van der Waals surface area (Å²) in [5, 5.41) is 9.27. The van der Waals surface area contributed by atoms with Crippen molar-refractivity contribution in [2.45, 2.75) is 32.6 Å². The van der Waals surface area contributed by atoms with Gasteiger partial charge in [-0.1, -0.05) is 0 Å². The van der Waals surface area contributed by atoms with Crippen molar-refractivity contribution >= 4 is 23.6 Å². The zero-order valence-corrected chi connectivity index (χ0v) is 11.7. The maximum Gasteiger partial charge on any atom is 0.311 e. The van der Waals surface area contributed by atoms with Crippen molar-refractivity contribution in [2.24, 2.45) is 11.3 Å². The molecule has 5 heteroatoms. The molecule has 1 N–H and O–H groups in total. The Kier molecular flexibility index (Phi) is 4.20. The van der Waals surface area contributed by atoms with Crippen molar-refractivity contribution < 1.29 is 14.7 Å². The molecule has 2 fully saturated rings. The van der Waals surface area contributed by atoms with E-state index in [0.29, 0.717) is 13.0 Å².